The molecule has 1 nitrogen and oxygen atoms in total. The molecule has 0 aromatic heterocycles. The van der Waals surface area contributed by atoms with E-state index in [4.69, 9.17) is 16.3 Å². The summed E-state index contributed by atoms with van der Waals surface area (Å²) in [5.41, 5.74) is 0.621. The van der Waals surface area contributed by atoms with Crippen molar-refractivity contribution in [1.29, 1.82) is 0 Å². The van der Waals surface area contributed by atoms with Crippen LogP contribution in [0, 0.1) is 5.82 Å². The van der Waals surface area contributed by atoms with Crippen LogP contribution in [0.15, 0.2) is 46.9 Å². The van der Waals surface area contributed by atoms with E-state index in [1.165, 1.54) is 12.1 Å². The van der Waals surface area contributed by atoms with Crippen LogP contribution in [0.25, 0.3) is 0 Å². The summed E-state index contributed by atoms with van der Waals surface area (Å²) in [6, 6.07) is 12.2. The van der Waals surface area contributed by atoms with Gasteiger partial charge in [-0.2, -0.15) is 0 Å². The fourth-order valence-electron chi connectivity index (χ4n) is 1.35. The van der Waals surface area contributed by atoms with Crippen LogP contribution < -0.4 is 4.74 Å². The maximum absolute atomic E-state index is 13.3. The third kappa shape index (κ3) is 3.20. The van der Waals surface area contributed by atoms with Crippen molar-refractivity contribution < 1.29 is 9.13 Å². The van der Waals surface area contributed by atoms with Crippen molar-refractivity contribution in [2.45, 2.75) is 6.61 Å². The summed E-state index contributed by atoms with van der Waals surface area (Å²) < 4.78 is 19.2. The summed E-state index contributed by atoms with van der Waals surface area (Å²) in [5.74, 6) is 0.382. The number of hydrogen-bond acceptors (Lipinski definition) is 1. The van der Waals surface area contributed by atoms with Crippen LogP contribution in [-0.2, 0) is 6.61 Å². The maximum atomic E-state index is 13.3. The zero-order chi connectivity index (χ0) is 12.3. The van der Waals surface area contributed by atoms with E-state index < -0.39 is 0 Å². The smallest absolute Gasteiger partial charge is 0.137 e. The molecule has 0 aliphatic heterocycles. The molecular weight excluding hydrogens is 306 g/mol. The Bertz CT molecular complexity index is 516. The highest BCUT2D eigenvalue weighted by Gasteiger charge is 2.07. The van der Waals surface area contributed by atoms with Gasteiger partial charge in [-0.25, -0.2) is 4.39 Å². The van der Waals surface area contributed by atoms with Crippen molar-refractivity contribution in [3.8, 4) is 5.75 Å². The monoisotopic (exact) mass is 314 g/mol. The Hall–Kier alpha value is -1.06. The number of benzene rings is 2. The minimum atomic E-state index is -0.346. The van der Waals surface area contributed by atoms with Gasteiger partial charge in [0.15, 0.2) is 0 Å². The summed E-state index contributed by atoms with van der Waals surface area (Å²) in [6.07, 6.45) is 0. The van der Waals surface area contributed by atoms with Gasteiger partial charge in [0, 0.05) is 10.6 Å². The highest BCUT2D eigenvalue weighted by molar-refractivity contribution is 9.10. The Labute approximate surface area is 112 Å². The normalized spacial score (nSPS) is 10.3. The van der Waals surface area contributed by atoms with Crippen LogP contribution >= 0.6 is 27.5 Å². The fraction of sp³-hybridized carbons (Fsp3) is 0.0769. The van der Waals surface area contributed by atoms with Crippen molar-refractivity contribution in [3.05, 3.63) is 63.3 Å². The standard InChI is InChI=1S/C13H9BrClFO/c14-11-7-12(15)9(6-13(11)16)8-17-10-4-2-1-3-5-10/h1-7H,8H2. The molecule has 0 bridgehead atoms. The maximum Gasteiger partial charge on any atom is 0.137 e. The zero-order valence-electron chi connectivity index (χ0n) is 8.79. The van der Waals surface area contributed by atoms with Crippen molar-refractivity contribution in [3.63, 3.8) is 0 Å². The van der Waals surface area contributed by atoms with Gasteiger partial charge in [-0.15, -0.1) is 0 Å². The molecule has 17 heavy (non-hydrogen) atoms. The van der Waals surface area contributed by atoms with Gasteiger partial charge in [-0.05, 0) is 40.2 Å². The van der Waals surface area contributed by atoms with E-state index >= 15 is 0 Å². The van der Waals surface area contributed by atoms with Crippen LogP contribution in [0.3, 0.4) is 0 Å². The van der Waals surface area contributed by atoms with E-state index in [1.54, 1.807) is 0 Å². The summed E-state index contributed by atoms with van der Waals surface area (Å²) in [6.45, 7) is 0.243. The summed E-state index contributed by atoms with van der Waals surface area (Å²) >= 11 is 9.07. The third-order valence-electron chi connectivity index (χ3n) is 2.23. The fourth-order valence-corrected chi connectivity index (χ4v) is 2.05. The summed E-state index contributed by atoms with van der Waals surface area (Å²) in [4.78, 5) is 0. The van der Waals surface area contributed by atoms with E-state index in [1.807, 2.05) is 30.3 Å². The van der Waals surface area contributed by atoms with Crippen molar-refractivity contribution >= 4 is 27.5 Å². The second kappa shape index (κ2) is 5.52. The van der Waals surface area contributed by atoms with Crippen molar-refractivity contribution in [2.75, 3.05) is 0 Å². The number of ether oxygens (including phenoxy) is 1. The molecule has 0 fully saturated rings. The quantitative estimate of drug-likeness (QED) is 0.738. The Kier molecular flexibility index (Phi) is 4.02. The Morgan fingerprint density at radius 2 is 1.88 bits per heavy atom. The largest absolute Gasteiger partial charge is 0.489 e. The van der Waals surface area contributed by atoms with E-state index in [9.17, 15) is 4.39 Å². The zero-order valence-corrected chi connectivity index (χ0v) is 11.1. The van der Waals surface area contributed by atoms with Crippen molar-refractivity contribution in [1.82, 2.24) is 0 Å². The first-order valence-corrected chi connectivity index (χ1v) is 6.15. The molecule has 4 heteroatoms. The Morgan fingerprint density at radius 3 is 2.59 bits per heavy atom. The molecular formula is C13H9BrClFO. The molecule has 2 aromatic carbocycles. The summed E-state index contributed by atoms with van der Waals surface area (Å²) in [5, 5.41) is 0.481. The molecule has 0 saturated carbocycles. The van der Waals surface area contributed by atoms with Gasteiger partial charge in [0.05, 0.1) is 4.47 Å². The Morgan fingerprint density at radius 1 is 1.18 bits per heavy atom. The van der Waals surface area contributed by atoms with Gasteiger partial charge < -0.3 is 4.74 Å². The molecule has 0 heterocycles. The highest BCUT2D eigenvalue weighted by Crippen LogP contribution is 2.25. The first-order chi connectivity index (χ1) is 8.16. The lowest BCUT2D eigenvalue weighted by Gasteiger charge is -2.08. The van der Waals surface area contributed by atoms with Gasteiger partial charge in [0.2, 0.25) is 0 Å². The van der Waals surface area contributed by atoms with Crippen molar-refractivity contribution in [2.24, 2.45) is 0 Å². The van der Waals surface area contributed by atoms with Gasteiger partial charge in [0.25, 0.3) is 0 Å². The first kappa shape index (κ1) is 12.4. The van der Waals surface area contributed by atoms with Crippen LogP contribution in [-0.4, -0.2) is 0 Å². The van der Waals surface area contributed by atoms with Gasteiger partial charge >= 0.3 is 0 Å². The Balaban J connectivity index is 2.12. The van der Waals surface area contributed by atoms with Crippen LogP contribution in [0.2, 0.25) is 5.02 Å². The predicted octanol–water partition coefficient (Wildman–Crippen LogP) is 4.82. The van der Waals surface area contributed by atoms with E-state index in [0.717, 1.165) is 5.75 Å². The minimum absolute atomic E-state index is 0.243. The lowest BCUT2D eigenvalue weighted by atomic mass is 10.2. The molecule has 2 rings (SSSR count). The molecule has 0 aliphatic rings. The van der Waals surface area contributed by atoms with E-state index in [2.05, 4.69) is 15.9 Å². The molecule has 0 spiro atoms. The summed E-state index contributed by atoms with van der Waals surface area (Å²) in [7, 11) is 0. The second-order valence-electron chi connectivity index (χ2n) is 3.46. The first-order valence-electron chi connectivity index (χ1n) is 4.98. The van der Waals surface area contributed by atoms with Gasteiger partial charge in [0.1, 0.15) is 18.2 Å². The molecule has 0 aliphatic carbocycles. The van der Waals surface area contributed by atoms with E-state index in [0.29, 0.717) is 15.1 Å². The lowest BCUT2D eigenvalue weighted by Crippen LogP contribution is -1.97. The molecule has 2 aromatic rings. The number of hydrogen-bond donors (Lipinski definition) is 0. The lowest BCUT2D eigenvalue weighted by molar-refractivity contribution is 0.305. The third-order valence-corrected chi connectivity index (χ3v) is 3.19. The molecule has 88 valence electrons. The predicted molar refractivity (Wildman–Crippen MR) is 69.9 cm³/mol. The highest BCUT2D eigenvalue weighted by atomic mass is 79.9. The SMILES string of the molecule is Fc1cc(COc2ccccc2)c(Cl)cc1Br. The molecule has 0 saturated heterocycles. The second-order valence-corrected chi connectivity index (χ2v) is 4.72. The number of halogens is 3. The topological polar surface area (TPSA) is 9.23 Å². The van der Waals surface area contributed by atoms with Crippen LogP contribution in [0.1, 0.15) is 5.56 Å². The minimum Gasteiger partial charge on any atom is -0.489 e. The average Bonchev–Trinajstić information content (AvgIpc) is 2.33. The molecule has 0 atom stereocenters. The molecule has 0 N–H and O–H groups in total. The van der Waals surface area contributed by atoms with Crippen LogP contribution in [0.4, 0.5) is 4.39 Å². The van der Waals surface area contributed by atoms with Gasteiger partial charge in [-0.1, -0.05) is 29.8 Å². The number of para-hydroxylation sites is 1. The van der Waals surface area contributed by atoms with Crippen LogP contribution in [0.5, 0.6) is 5.75 Å². The van der Waals surface area contributed by atoms with E-state index in [-0.39, 0.29) is 12.4 Å². The molecule has 0 unspecified atom stereocenters. The molecule has 0 amide bonds. The molecule has 0 radical (unpaired) electrons. The van der Waals surface area contributed by atoms with Gasteiger partial charge in [-0.3, -0.25) is 0 Å². The number of rotatable bonds is 3. The average molecular weight is 316 g/mol.